The van der Waals surface area contributed by atoms with Gasteiger partial charge in [0, 0.05) is 0 Å². The van der Waals surface area contributed by atoms with E-state index in [1.807, 2.05) is 49.4 Å². The fourth-order valence-corrected chi connectivity index (χ4v) is 4.60. The van der Waals surface area contributed by atoms with E-state index in [4.69, 9.17) is 4.74 Å². The molecule has 25 heavy (non-hydrogen) atoms. The molecule has 5 heteroatoms. The van der Waals surface area contributed by atoms with Crippen molar-refractivity contribution in [2.45, 2.75) is 24.3 Å². The number of nitrogens with zero attached hydrogens (tertiary/aromatic N) is 1. The molecule has 2 aromatic rings. The molecule has 2 aromatic carbocycles. The average molecular weight is 355 g/mol. The van der Waals surface area contributed by atoms with E-state index in [1.165, 1.54) is 4.31 Å². The summed E-state index contributed by atoms with van der Waals surface area (Å²) in [5.41, 5.74) is 2.53. The molecule has 0 spiro atoms. The van der Waals surface area contributed by atoms with Crippen LogP contribution in [0.4, 0.5) is 0 Å². The third-order valence-electron chi connectivity index (χ3n) is 4.33. The van der Waals surface area contributed by atoms with Crippen LogP contribution in [-0.2, 0) is 10.0 Å². The Hall–Kier alpha value is -2.53. The number of hydrogen-bond donors (Lipinski definition) is 0. The van der Waals surface area contributed by atoms with Gasteiger partial charge in [-0.2, -0.15) is 0 Å². The lowest BCUT2D eigenvalue weighted by Gasteiger charge is -2.27. The minimum absolute atomic E-state index is 0.284. The Bertz CT molecular complexity index is 897. The van der Waals surface area contributed by atoms with Gasteiger partial charge in [0.2, 0.25) is 0 Å². The van der Waals surface area contributed by atoms with Gasteiger partial charge in [-0.15, -0.1) is 6.58 Å². The van der Waals surface area contributed by atoms with Gasteiger partial charge in [0.15, 0.2) is 0 Å². The Labute approximate surface area is 149 Å². The molecular weight excluding hydrogens is 334 g/mol. The van der Waals surface area contributed by atoms with Crippen LogP contribution < -0.4 is 4.74 Å². The summed E-state index contributed by atoms with van der Waals surface area (Å²) < 4.78 is 33.1. The van der Waals surface area contributed by atoms with E-state index in [-0.39, 0.29) is 10.9 Å². The van der Waals surface area contributed by atoms with Crippen LogP contribution in [0.3, 0.4) is 0 Å². The number of aryl methyl sites for hydroxylation is 1. The first kappa shape index (κ1) is 17.3. The van der Waals surface area contributed by atoms with Gasteiger partial charge in [-0.05, 0) is 55.3 Å². The number of ether oxygens (including phenoxy) is 1. The maximum Gasteiger partial charge on any atom is 0.264 e. The fourth-order valence-electron chi connectivity index (χ4n) is 2.93. The number of sulfonamides is 1. The molecule has 130 valence electrons. The molecule has 0 N–H and O–H groups in total. The zero-order valence-electron chi connectivity index (χ0n) is 14.3. The van der Waals surface area contributed by atoms with Gasteiger partial charge in [0.25, 0.3) is 10.0 Å². The first-order valence-corrected chi connectivity index (χ1v) is 9.49. The highest BCUT2D eigenvalue weighted by atomic mass is 32.2. The summed E-state index contributed by atoms with van der Waals surface area (Å²) in [5, 5.41) is 0. The Morgan fingerprint density at radius 2 is 1.76 bits per heavy atom. The third kappa shape index (κ3) is 3.20. The van der Waals surface area contributed by atoms with Crippen molar-refractivity contribution in [3.05, 3.63) is 78.4 Å². The third-order valence-corrected chi connectivity index (χ3v) is 6.18. The quantitative estimate of drug-likeness (QED) is 0.762. The molecule has 0 aromatic heterocycles. The molecule has 1 aliphatic heterocycles. The normalized spacial score (nSPS) is 17.3. The number of rotatable bonds is 5. The number of methoxy groups -OCH3 is 1. The van der Waals surface area contributed by atoms with Gasteiger partial charge >= 0.3 is 0 Å². The van der Waals surface area contributed by atoms with Crippen LogP contribution in [0.1, 0.15) is 17.5 Å². The van der Waals surface area contributed by atoms with E-state index < -0.39 is 10.0 Å². The van der Waals surface area contributed by atoms with Crippen molar-refractivity contribution in [1.29, 1.82) is 0 Å². The Balaban J connectivity index is 2.04. The van der Waals surface area contributed by atoms with E-state index in [1.54, 1.807) is 25.3 Å². The highest BCUT2D eigenvalue weighted by molar-refractivity contribution is 7.89. The van der Waals surface area contributed by atoms with Gasteiger partial charge in [0.1, 0.15) is 5.75 Å². The zero-order chi connectivity index (χ0) is 18.0. The summed E-state index contributed by atoms with van der Waals surface area (Å²) in [4.78, 5) is 0.284. The monoisotopic (exact) mass is 355 g/mol. The Morgan fingerprint density at radius 3 is 2.32 bits per heavy atom. The Morgan fingerprint density at radius 1 is 1.12 bits per heavy atom. The number of hydrogen-bond acceptors (Lipinski definition) is 3. The highest BCUT2D eigenvalue weighted by Crippen LogP contribution is 2.36. The molecule has 1 heterocycles. The van der Waals surface area contributed by atoms with E-state index in [2.05, 4.69) is 6.58 Å². The summed E-state index contributed by atoms with van der Waals surface area (Å²) in [7, 11) is -2.06. The van der Waals surface area contributed by atoms with Crippen LogP contribution in [0.15, 0.2) is 72.2 Å². The van der Waals surface area contributed by atoms with Crippen LogP contribution in [-0.4, -0.2) is 25.9 Å². The van der Waals surface area contributed by atoms with Crippen LogP contribution in [0.2, 0.25) is 0 Å². The van der Waals surface area contributed by atoms with Gasteiger partial charge < -0.3 is 4.74 Å². The first-order valence-electron chi connectivity index (χ1n) is 8.05. The standard InChI is InChI=1S/C20H21NO3S/c1-4-17-9-14-20(16-7-10-18(24-3)11-8-16)21(17)25(22,23)19-12-5-15(2)6-13-19/h4-8,10-14,17H,1,9H2,2-3H3. The first-order chi connectivity index (χ1) is 12.0. The molecular formula is C20H21NO3S. The summed E-state index contributed by atoms with van der Waals surface area (Å²) in [6, 6.07) is 14.0. The second-order valence-electron chi connectivity index (χ2n) is 5.97. The minimum Gasteiger partial charge on any atom is -0.497 e. The maximum absolute atomic E-state index is 13.2. The van der Waals surface area contributed by atoms with E-state index in [0.717, 1.165) is 16.9 Å². The molecule has 0 radical (unpaired) electrons. The molecule has 0 bridgehead atoms. The molecule has 4 nitrogen and oxygen atoms in total. The zero-order valence-corrected chi connectivity index (χ0v) is 15.2. The fraction of sp³-hybridized carbons (Fsp3) is 0.200. The van der Waals surface area contributed by atoms with E-state index in [9.17, 15) is 8.42 Å². The average Bonchev–Trinajstić information content (AvgIpc) is 3.07. The molecule has 0 amide bonds. The predicted octanol–water partition coefficient (Wildman–Crippen LogP) is 3.99. The molecule has 1 unspecified atom stereocenters. The maximum atomic E-state index is 13.2. The van der Waals surface area contributed by atoms with Gasteiger partial charge in [0.05, 0.1) is 23.7 Å². The SMILES string of the molecule is C=CC1CC=C(c2ccc(OC)cc2)N1S(=O)(=O)c1ccc(C)cc1. The van der Waals surface area contributed by atoms with Gasteiger partial charge in [-0.25, -0.2) is 8.42 Å². The van der Waals surface area contributed by atoms with Crippen molar-refractivity contribution in [2.75, 3.05) is 7.11 Å². The molecule has 3 rings (SSSR count). The lowest BCUT2D eigenvalue weighted by molar-refractivity contribution is 0.414. The van der Waals surface area contributed by atoms with Crippen molar-refractivity contribution in [2.24, 2.45) is 0 Å². The van der Waals surface area contributed by atoms with Gasteiger partial charge in [-0.1, -0.05) is 29.8 Å². The smallest absolute Gasteiger partial charge is 0.264 e. The van der Waals surface area contributed by atoms with Crippen molar-refractivity contribution in [3.63, 3.8) is 0 Å². The summed E-state index contributed by atoms with van der Waals surface area (Å²) in [5.74, 6) is 0.732. The summed E-state index contributed by atoms with van der Waals surface area (Å²) >= 11 is 0. The molecule has 0 aliphatic carbocycles. The second kappa shape index (κ2) is 6.76. The lowest BCUT2D eigenvalue weighted by Crippen LogP contribution is -2.34. The van der Waals surface area contributed by atoms with E-state index >= 15 is 0 Å². The van der Waals surface area contributed by atoms with Crippen LogP contribution in [0.25, 0.3) is 5.70 Å². The second-order valence-corrected chi connectivity index (χ2v) is 7.79. The van der Waals surface area contributed by atoms with Crippen LogP contribution in [0, 0.1) is 6.92 Å². The van der Waals surface area contributed by atoms with Crippen LogP contribution in [0.5, 0.6) is 5.75 Å². The largest absolute Gasteiger partial charge is 0.497 e. The highest BCUT2D eigenvalue weighted by Gasteiger charge is 2.35. The molecule has 0 saturated carbocycles. The van der Waals surface area contributed by atoms with Crippen molar-refractivity contribution < 1.29 is 13.2 Å². The van der Waals surface area contributed by atoms with Crippen molar-refractivity contribution >= 4 is 15.7 Å². The Kier molecular flexibility index (Phi) is 4.68. The molecule has 0 saturated heterocycles. The predicted molar refractivity (Wildman–Crippen MR) is 99.8 cm³/mol. The van der Waals surface area contributed by atoms with E-state index in [0.29, 0.717) is 12.1 Å². The van der Waals surface area contributed by atoms with Crippen molar-refractivity contribution in [1.82, 2.24) is 4.31 Å². The minimum atomic E-state index is -3.67. The summed E-state index contributed by atoms with van der Waals surface area (Å²) in [6.45, 7) is 5.74. The lowest BCUT2D eigenvalue weighted by atomic mass is 10.1. The molecule has 1 aliphatic rings. The molecule has 0 fully saturated rings. The topological polar surface area (TPSA) is 46.6 Å². The van der Waals surface area contributed by atoms with Crippen molar-refractivity contribution in [3.8, 4) is 5.75 Å². The molecule has 1 atom stereocenters. The van der Waals surface area contributed by atoms with Crippen LogP contribution >= 0.6 is 0 Å². The number of benzene rings is 2. The van der Waals surface area contributed by atoms with Gasteiger partial charge in [-0.3, -0.25) is 4.31 Å². The summed E-state index contributed by atoms with van der Waals surface area (Å²) in [6.07, 6.45) is 4.23.